The van der Waals surface area contributed by atoms with Gasteiger partial charge in [-0.1, -0.05) is 72.6 Å². The van der Waals surface area contributed by atoms with Crippen LogP contribution in [0.2, 0.25) is 20.1 Å². The van der Waals surface area contributed by atoms with Crippen LogP contribution >= 0.6 is 46.4 Å². The Kier molecular flexibility index (Phi) is 11.5. The highest BCUT2D eigenvalue weighted by Gasteiger charge is 2.25. The molecule has 1 saturated carbocycles. The molecule has 10 nitrogen and oxygen atoms in total. The molecular formula is C36H34Cl4N8O2. The van der Waals surface area contributed by atoms with E-state index in [1.54, 1.807) is 12.4 Å². The van der Waals surface area contributed by atoms with Gasteiger partial charge in [0.05, 0.1) is 42.6 Å². The van der Waals surface area contributed by atoms with Crippen molar-refractivity contribution in [2.75, 3.05) is 10.6 Å². The lowest BCUT2D eigenvalue weighted by molar-refractivity contribution is 0.102. The maximum absolute atomic E-state index is 12.8. The molecule has 2 amide bonds. The van der Waals surface area contributed by atoms with Crippen molar-refractivity contribution in [3.63, 3.8) is 0 Å². The number of rotatable bonds is 11. The van der Waals surface area contributed by atoms with Crippen LogP contribution in [0.5, 0.6) is 0 Å². The monoisotopic (exact) mass is 750 g/mol. The summed E-state index contributed by atoms with van der Waals surface area (Å²) in [6.45, 7) is 3.90. The molecule has 6 aromatic rings. The maximum Gasteiger partial charge on any atom is 0.257 e. The number of amides is 2. The number of unbranched alkanes of at least 4 members (excludes halogenated alkanes) is 3. The largest absolute Gasteiger partial charge is 0.332 e. The molecule has 6 heterocycles. The topological polar surface area (TPSA) is 120 Å². The minimum Gasteiger partial charge on any atom is -0.332 e. The highest BCUT2D eigenvalue weighted by molar-refractivity contribution is 6.40. The molecule has 1 fully saturated rings. The van der Waals surface area contributed by atoms with Crippen LogP contribution in [0.1, 0.15) is 66.2 Å². The first-order chi connectivity index (χ1) is 24.2. The molecule has 14 heteroatoms. The molecule has 1 aliphatic rings. The summed E-state index contributed by atoms with van der Waals surface area (Å²) in [5.41, 5.74) is 3.46. The Morgan fingerprint density at radius 1 is 0.720 bits per heavy atom. The van der Waals surface area contributed by atoms with E-state index in [4.69, 9.17) is 46.4 Å². The van der Waals surface area contributed by atoms with Gasteiger partial charge in [-0.05, 0) is 49.4 Å². The first kappa shape index (κ1) is 35.6. The summed E-state index contributed by atoms with van der Waals surface area (Å²) in [4.78, 5) is 42.3. The normalized spacial score (nSPS) is 12.5. The first-order valence-corrected chi connectivity index (χ1v) is 17.8. The van der Waals surface area contributed by atoms with E-state index in [0.29, 0.717) is 48.5 Å². The molecule has 0 aromatic carbocycles. The van der Waals surface area contributed by atoms with Gasteiger partial charge >= 0.3 is 0 Å². The molecule has 2 N–H and O–H groups in total. The highest BCUT2D eigenvalue weighted by Crippen LogP contribution is 2.34. The summed E-state index contributed by atoms with van der Waals surface area (Å²) in [7, 11) is 0. The van der Waals surface area contributed by atoms with E-state index >= 15 is 0 Å². The second-order valence-corrected chi connectivity index (χ2v) is 13.7. The summed E-state index contributed by atoms with van der Waals surface area (Å²) in [5, 5.41) is 8.40. The van der Waals surface area contributed by atoms with Gasteiger partial charge in [0.15, 0.2) is 0 Å². The molecule has 258 valence electrons. The average molecular weight is 753 g/mol. The molecule has 0 radical (unpaired) electrons. The summed E-state index contributed by atoms with van der Waals surface area (Å²) < 4.78 is 4.09. The average Bonchev–Trinajstić information content (AvgIpc) is 3.75. The van der Waals surface area contributed by atoms with Crippen LogP contribution in [0.25, 0.3) is 22.1 Å². The van der Waals surface area contributed by atoms with Crippen LogP contribution < -0.4 is 10.6 Å². The molecule has 50 heavy (non-hydrogen) atoms. The molecule has 7 rings (SSSR count). The lowest BCUT2D eigenvalue weighted by Gasteiger charge is -2.08. The predicted octanol–water partition coefficient (Wildman–Crippen LogP) is 9.97. The number of fused-ring (bicyclic) bond motifs is 2. The van der Waals surface area contributed by atoms with Gasteiger partial charge in [0.25, 0.3) is 11.8 Å². The first-order valence-electron chi connectivity index (χ1n) is 16.3. The molecule has 0 unspecified atom stereocenters. The minimum absolute atomic E-state index is 0.266. The SMILES string of the molecule is CCCCCCn1cc(C(=O)Nc2c(Cl)cncc2Cl)c2cccnc21.O=C(Nc1c(Cl)cncc1Cl)c1cn(CC2CC2)c2ncccc12. The molecule has 6 aromatic heterocycles. The van der Waals surface area contributed by atoms with E-state index in [-0.39, 0.29) is 11.8 Å². The van der Waals surface area contributed by atoms with Crippen molar-refractivity contribution in [2.45, 2.75) is 58.5 Å². The van der Waals surface area contributed by atoms with Crippen molar-refractivity contribution in [2.24, 2.45) is 5.92 Å². The van der Waals surface area contributed by atoms with Crippen LogP contribution in [0, 0.1) is 5.92 Å². The Labute approximate surface area is 309 Å². The van der Waals surface area contributed by atoms with Crippen LogP contribution in [0.3, 0.4) is 0 Å². The van der Waals surface area contributed by atoms with Gasteiger partial charge in [-0.15, -0.1) is 0 Å². The summed E-state index contributed by atoms with van der Waals surface area (Å²) in [6, 6.07) is 7.45. The van der Waals surface area contributed by atoms with Gasteiger partial charge in [-0.3, -0.25) is 19.6 Å². The van der Waals surface area contributed by atoms with Crippen molar-refractivity contribution in [1.29, 1.82) is 0 Å². The fourth-order valence-electron chi connectivity index (χ4n) is 5.63. The second kappa shape index (κ2) is 16.2. The Morgan fingerprint density at radius 3 is 1.68 bits per heavy atom. The third kappa shape index (κ3) is 8.21. The van der Waals surface area contributed by atoms with Gasteiger partial charge in [0.1, 0.15) is 11.3 Å². The molecule has 1 aliphatic carbocycles. The zero-order chi connectivity index (χ0) is 35.2. The van der Waals surface area contributed by atoms with Crippen molar-refractivity contribution in [3.8, 4) is 0 Å². The zero-order valence-electron chi connectivity index (χ0n) is 27.2. The van der Waals surface area contributed by atoms with Crippen LogP contribution in [-0.2, 0) is 13.1 Å². The molecule has 0 spiro atoms. The summed E-state index contributed by atoms with van der Waals surface area (Å²) >= 11 is 24.4. The van der Waals surface area contributed by atoms with Crippen molar-refractivity contribution >= 4 is 91.7 Å². The van der Waals surface area contributed by atoms with Crippen LogP contribution in [0.4, 0.5) is 11.4 Å². The van der Waals surface area contributed by atoms with Crippen molar-refractivity contribution in [1.82, 2.24) is 29.1 Å². The van der Waals surface area contributed by atoms with E-state index in [0.717, 1.165) is 48.0 Å². The van der Waals surface area contributed by atoms with Crippen LogP contribution in [-0.4, -0.2) is 40.9 Å². The number of anilines is 2. The summed E-state index contributed by atoms with van der Waals surface area (Å²) in [5.74, 6) is 0.144. The Morgan fingerprint density at radius 2 is 1.20 bits per heavy atom. The number of nitrogens with one attached hydrogen (secondary N) is 2. The number of hydrogen-bond donors (Lipinski definition) is 2. The van der Waals surface area contributed by atoms with Crippen molar-refractivity contribution in [3.05, 3.63) is 105 Å². The number of halogens is 4. The Bertz CT molecular complexity index is 2120. The number of aromatic nitrogens is 6. The molecule has 0 aliphatic heterocycles. The van der Waals surface area contributed by atoms with E-state index in [1.807, 2.05) is 41.2 Å². The van der Waals surface area contributed by atoms with E-state index in [1.165, 1.54) is 50.5 Å². The Hall–Kier alpha value is -4.22. The number of hydrogen-bond acceptors (Lipinski definition) is 6. The molecule has 0 atom stereocenters. The number of nitrogens with zero attached hydrogens (tertiary/aromatic N) is 6. The number of pyridine rings is 4. The molecular weight excluding hydrogens is 718 g/mol. The Balaban J connectivity index is 0.000000173. The van der Waals surface area contributed by atoms with Gasteiger partial charge in [-0.25, -0.2) is 9.97 Å². The minimum atomic E-state index is -0.273. The number of carbonyl (C=O) groups excluding carboxylic acids is 2. The highest BCUT2D eigenvalue weighted by atomic mass is 35.5. The third-order valence-electron chi connectivity index (χ3n) is 8.35. The lowest BCUT2D eigenvalue weighted by Crippen LogP contribution is -2.12. The zero-order valence-corrected chi connectivity index (χ0v) is 30.2. The van der Waals surface area contributed by atoms with E-state index in [2.05, 4.69) is 42.1 Å². The maximum atomic E-state index is 12.8. The fourth-order valence-corrected chi connectivity index (χ4v) is 6.55. The smallest absolute Gasteiger partial charge is 0.257 e. The van der Waals surface area contributed by atoms with Gasteiger partial charge in [0, 0.05) is 73.4 Å². The number of aryl methyl sites for hydroxylation is 1. The predicted molar refractivity (Wildman–Crippen MR) is 201 cm³/mol. The van der Waals surface area contributed by atoms with E-state index in [9.17, 15) is 9.59 Å². The molecule has 0 bridgehead atoms. The van der Waals surface area contributed by atoms with Gasteiger partial charge < -0.3 is 19.8 Å². The molecule has 0 saturated heterocycles. The standard InChI is InChI=1S/C19H20Cl2N4O.C17H14Cl2N4O/c1-2-3-4-5-9-25-12-14(13-7-6-8-23-18(13)25)19(26)24-17-15(20)10-22-11-16(17)21;18-13-6-20-7-14(19)15(13)22-17(24)12-9-23(8-10-3-4-10)16-11(12)2-1-5-21-16/h6-8,10-12H,2-5,9H2,1H3,(H,22,24,26);1-2,5-7,9-10H,3-4,8H2,(H,20,22,24). The quantitative estimate of drug-likeness (QED) is 0.127. The number of carbonyl (C=O) groups is 2. The van der Waals surface area contributed by atoms with Gasteiger partial charge in [0.2, 0.25) is 0 Å². The van der Waals surface area contributed by atoms with E-state index < -0.39 is 0 Å². The third-order valence-corrected chi connectivity index (χ3v) is 9.49. The van der Waals surface area contributed by atoms with Crippen LogP contribution in [0.15, 0.2) is 73.8 Å². The fraction of sp³-hybridized carbons (Fsp3) is 0.278. The lowest BCUT2D eigenvalue weighted by atomic mass is 10.2. The van der Waals surface area contributed by atoms with Gasteiger partial charge in [-0.2, -0.15) is 0 Å². The second-order valence-electron chi connectivity index (χ2n) is 12.0. The van der Waals surface area contributed by atoms with Crippen molar-refractivity contribution < 1.29 is 9.59 Å². The summed E-state index contributed by atoms with van der Waals surface area (Å²) in [6.07, 6.45) is 20.0.